The molecule has 1 fully saturated rings. The van der Waals surface area contributed by atoms with E-state index in [1.54, 1.807) is 30.0 Å². The van der Waals surface area contributed by atoms with E-state index in [0.29, 0.717) is 48.8 Å². The predicted octanol–water partition coefficient (Wildman–Crippen LogP) is 3.48. The fourth-order valence-electron chi connectivity index (χ4n) is 3.69. The molecule has 0 radical (unpaired) electrons. The Labute approximate surface area is 174 Å². The van der Waals surface area contributed by atoms with Crippen LogP contribution >= 0.6 is 0 Å². The lowest BCUT2D eigenvalue weighted by molar-refractivity contribution is 0.0737. The molecule has 1 aromatic heterocycles. The summed E-state index contributed by atoms with van der Waals surface area (Å²) in [6.45, 7) is 5.89. The molecular weight excluding hydrogens is 383 g/mol. The highest BCUT2D eigenvalue weighted by molar-refractivity contribution is 5.94. The zero-order valence-electron chi connectivity index (χ0n) is 17.0. The van der Waals surface area contributed by atoms with Crippen LogP contribution in [0.4, 0.5) is 10.1 Å². The van der Waals surface area contributed by atoms with Crippen molar-refractivity contribution in [3.8, 4) is 5.69 Å². The number of anilines is 1. The summed E-state index contributed by atoms with van der Waals surface area (Å²) >= 11 is 0. The smallest absolute Gasteiger partial charge is 0.272 e. The first-order valence-corrected chi connectivity index (χ1v) is 9.90. The van der Waals surface area contributed by atoms with Crippen LogP contribution in [0.1, 0.15) is 33.5 Å². The Balaban J connectivity index is 1.48. The van der Waals surface area contributed by atoms with E-state index in [0.717, 1.165) is 5.69 Å². The van der Waals surface area contributed by atoms with Gasteiger partial charge in [-0.3, -0.25) is 9.59 Å². The third-order valence-corrected chi connectivity index (χ3v) is 5.31. The van der Waals surface area contributed by atoms with Gasteiger partial charge in [0, 0.05) is 37.4 Å². The van der Waals surface area contributed by atoms with Gasteiger partial charge in [-0.2, -0.15) is 5.10 Å². The minimum absolute atomic E-state index is 0.0437. The molecule has 0 saturated carbocycles. The first-order chi connectivity index (χ1) is 14.4. The van der Waals surface area contributed by atoms with Gasteiger partial charge in [0.25, 0.3) is 5.91 Å². The average Bonchev–Trinajstić information content (AvgIpc) is 3.15. The van der Waals surface area contributed by atoms with E-state index < -0.39 is 0 Å². The largest absolute Gasteiger partial charge is 0.368 e. The second-order valence-corrected chi connectivity index (χ2v) is 7.44. The molecule has 2 aromatic carbocycles. The number of halogens is 1. The molecule has 1 aliphatic rings. The van der Waals surface area contributed by atoms with Crippen LogP contribution < -0.4 is 4.90 Å². The van der Waals surface area contributed by atoms with Crippen molar-refractivity contribution in [1.82, 2.24) is 14.7 Å². The fourth-order valence-corrected chi connectivity index (χ4v) is 3.69. The van der Waals surface area contributed by atoms with Crippen molar-refractivity contribution in [3.05, 3.63) is 77.4 Å². The number of piperazine rings is 1. The number of ketones is 1. The van der Waals surface area contributed by atoms with Gasteiger partial charge in [0.2, 0.25) is 0 Å². The molecule has 1 saturated heterocycles. The topological polar surface area (TPSA) is 58.4 Å². The summed E-state index contributed by atoms with van der Waals surface area (Å²) in [6, 6.07) is 15.3. The average molecular weight is 406 g/mol. The molecule has 0 spiro atoms. The van der Waals surface area contributed by atoms with Gasteiger partial charge in [-0.05, 0) is 62.4 Å². The zero-order valence-corrected chi connectivity index (χ0v) is 17.0. The van der Waals surface area contributed by atoms with E-state index >= 15 is 0 Å². The monoisotopic (exact) mass is 406 g/mol. The SMILES string of the molecule is CC(=O)c1ccc(N2CCN(C(=O)c3cc(C)nn3-c3cccc(F)c3)CC2)cc1. The lowest BCUT2D eigenvalue weighted by Gasteiger charge is -2.36. The number of benzene rings is 2. The summed E-state index contributed by atoms with van der Waals surface area (Å²) in [4.78, 5) is 28.6. The van der Waals surface area contributed by atoms with Crippen molar-refractivity contribution < 1.29 is 14.0 Å². The molecule has 0 bridgehead atoms. The molecular formula is C23H23FN4O2. The van der Waals surface area contributed by atoms with Gasteiger partial charge in [-0.15, -0.1) is 0 Å². The Morgan fingerprint density at radius 2 is 1.63 bits per heavy atom. The molecule has 1 aliphatic heterocycles. The third kappa shape index (κ3) is 3.96. The summed E-state index contributed by atoms with van der Waals surface area (Å²) in [6.07, 6.45) is 0. The van der Waals surface area contributed by atoms with Crippen LogP contribution in [0.25, 0.3) is 5.69 Å². The quantitative estimate of drug-likeness (QED) is 0.623. The second-order valence-electron chi connectivity index (χ2n) is 7.44. The molecule has 3 aromatic rings. The molecule has 4 rings (SSSR count). The van der Waals surface area contributed by atoms with E-state index in [1.807, 2.05) is 31.2 Å². The Morgan fingerprint density at radius 3 is 2.27 bits per heavy atom. The highest BCUT2D eigenvalue weighted by Crippen LogP contribution is 2.20. The molecule has 0 unspecified atom stereocenters. The molecule has 2 heterocycles. The van der Waals surface area contributed by atoms with Crippen molar-refractivity contribution in [2.75, 3.05) is 31.1 Å². The van der Waals surface area contributed by atoms with E-state index in [9.17, 15) is 14.0 Å². The number of carbonyl (C=O) groups excluding carboxylic acids is 2. The number of hydrogen-bond donors (Lipinski definition) is 0. The lowest BCUT2D eigenvalue weighted by atomic mass is 10.1. The Morgan fingerprint density at radius 1 is 0.933 bits per heavy atom. The fraction of sp³-hybridized carbons (Fsp3) is 0.261. The first-order valence-electron chi connectivity index (χ1n) is 9.90. The van der Waals surface area contributed by atoms with Crippen molar-refractivity contribution in [2.45, 2.75) is 13.8 Å². The summed E-state index contributed by atoms with van der Waals surface area (Å²) in [5.41, 5.74) is 3.38. The highest BCUT2D eigenvalue weighted by atomic mass is 19.1. The van der Waals surface area contributed by atoms with Crippen molar-refractivity contribution in [2.24, 2.45) is 0 Å². The van der Waals surface area contributed by atoms with Gasteiger partial charge in [0.15, 0.2) is 5.78 Å². The normalized spacial score (nSPS) is 14.1. The standard InChI is InChI=1S/C23H23FN4O2/c1-16-14-22(28(25-16)21-5-3-4-19(24)15-21)23(30)27-12-10-26(11-13-27)20-8-6-18(7-9-20)17(2)29/h3-9,14-15H,10-13H2,1-2H3. The van der Waals surface area contributed by atoms with E-state index in [2.05, 4.69) is 10.00 Å². The minimum Gasteiger partial charge on any atom is -0.368 e. The number of aromatic nitrogens is 2. The molecule has 6 nitrogen and oxygen atoms in total. The van der Waals surface area contributed by atoms with Gasteiger partial charge >= 0.3 is 0 Å². The Kier molecular flexibility index (Phi) is 5.35. The van der Waals surface area contributed by atoms with E-state index in [4.69, 9.17) is 0 Å². The maximum absolute atomic E-state index is 13.7. The van der Waals surface area contributed by atoms with Crippen molar-refractivity contribution >= 4 is 17.4 Å². The van der Waals surface area contributed by atoms with E-state index in [-0.39, 0.29) is 17.5 Å². The number of hydrogen-bond acceptors (Lipinski definition) is 4. The van der Waals surface area contributed by atoms with Gasteiger partial charge in [-0.1, -0.05) is 6.07 Å². The number of carbonyl (C=O) groups is 2. The van der Waals surface area contributed by atoms with Crippen LogP contribution in [0.5, 0.6) is 0 Å². The zero-order chi connectivity index (χ0) is 21.3. The summed E-state index contributed by atoms with van der Waals surface area (Å²) in [5.74, 6) is -0.447. The number of rotatable bonds is 4. The predicted molar refractivity (Wildman–Crippen MR) is 113 cm³/mol. The number of nitrogens with zero attached hydrogens (tertiary/aromatic N) is 4. The molecule has 0 N–H and O–H groups in total. The van der Waals surface area contributed by atoms with Gasteiger partial charge in [-0.25, -0.2) is 9.07 Å². The van der Waals surface area contributed by atoms with Crippen LogP contribution in [0.15, 0.2) is 54.6 Å². The van der Waals surface area contributed by atoms with Gasteiger partial charge in [0.1, 0.15) is 11.5 Å². The summed E-state index contributed by atoms with van der Waals surface area (Å²) in [7, 11) is 0. The first kappa shape index (κ1) is 19.8. The Hall–Kier alpha value is -3.48. The maximum atomic E-state index is 13.7. The number of amides is 1. The number of Topliss-reactive ketones (excluding diaryl/α,β-unsaturated/α-hetero) is 1. The molecule has 0 aliphatic carbocycles. The van der Waals surface area contributed by atoms with Gasteiger partial charge < -0.3 is 9.80 Å². The molecule has 154 valence electrons. The minimum atomic E-state index is -0.372. The van der Waals surface area contributed by atoms with E-state index in [1.165, 1.54) is 16.8 Å². The van der Waals surface area contributed by atoms with Crippen LogP contribution in [0.2, 0.25) is 0 Å². The van der Waals surface area contributed by atoms with Crippen LogP contribution in [-0.2, 0) is 0 Å². The second kappa shape index (κ2) is 8.10. The van der Waals surface area contributed by atoms with Crippen LogP contribution in [0.3, 0.4) is 0 Å². The van der Waals surface area contributed by atoms with Crippen LogP contribution in [0, 0.1) is 12.7 Å². The van der Waals surface area contributed by atoms with Gasteiger partial charge in [0.05, 0.1) is 11.4 Å². The molecule has 1 amide bonds. The molecule has 7 heteroatoms. The summed E-state index contributed by atoms with van der Waals surface area (Å²) in [5, 5.41) is 4.39. The number of aryl methyl sites for hydroxylation is 1. The maximum Gasteiger partial charge on any atom is 0.272 e. The van der Waals surface area contributed by atoms with Crippen molar-refractivity contribution in [3.63, 3.8) is 0 Å². The molecule has 30 heavy (non-hydrogen) atoms. The highest BCUT2D eigenvalue weighted by Gasteiger charge is 2.25. The van der Waals surface area contributed by atoms with Crippen LogP contribution in [-0.4, -0.2) is 52.5 Å². The van der Waals surface area contributed by atoms with Crippen molar-refractivity contribution in [1.29, 1.82) is 0 Å². The Bertz CT molecular complexity index is 1080. The summed E-state index contributed by atoms with van der Waals surface area (Å²) < 4.78 is 15.2. The third-order valence-electron chi connectivity index (χ3n) is 5.31. The lowest BCUT2D eigenvalue weighted by Crippen LogP contribution is -2.49. The molecule has 0 atom stereocenters.